The predicted molar refractivity (Wildman–Crippen MR) is 80.4 cm³/mol. The van der Waals surface area contributed by atoms with Gasteiger partial charge in [-0.1, -0.05) is 27.1 Å². The molecule has 0 radical (unpaired) electrons. The predicted octanol–water partition coefficient (Wildman–Crippen LogP) is 3.65. The summed E-state index contributed by atoms with van der Waals surface area (Å²) in [5.41, 5.74) is 9.03. The molecular weight excluding hydrogens is 342 g/mol. The molecule has 8 heteroatoms. The molecule has 0 amide bonds. The summed E-state index contributed by atoms with van der Waals surface area (Å²) in [6.07, 6.45) is 1.43. The molecule has 0 aliphatic rings. The van der Waals surface area contributed by atoms with E-state index in [0.717, 1.165) is 0 Å². The van der Waals surface area contributed by atoms with E-state index in [9.17, 15) is 4.79 Å². The van der Waals surface area contributed by atoms with Crippen molar-refractivity contribution in [3.8, 4) is 5.75 Å². The number of ether oxygens (including phenoxy) is 3. The monoisotopic (exact) mass is 355 g/mol. The van der Waals surface area contributed by atoms with Gasteiger partial charge in [-0.3, -0.25) is 0 Å². The third-order valence-electron chi connectivity index (χ3n) is 2.24. The second-order valence-corrected chi connectivity index (χ2v) is 4.53. The zero-order valence-corrected chi connectivity index (χ0v) is 13.2. The van der Waals surface area contributed by atoms with Gasteiger partial charge in [0.15, 0.2) is 6.79 Å². The lowest BCUT2D eigenvalue weighted by atomic mass is 10.2. The van der Waals surface area contributed by atoms with E-state index in [0.29, 0.717) is 15.8 Å². The summed E-state index contributed by atoms with van der Waals surface area (Å²) in [4.78, 5) is 14.3. The van der Waals surface area contributed by atoms with Crippen LogP contribution in [-0.4, -0.2) is 26.5 Å². The van der Waals surface area contributed by atoms with Crippen LogP contribution in [0.25, 0.3) is 16.5 Å². The summed E-state index contributed by atoms with van der Waals surface area (Å²) < 4.78 is 15.6. The molecule has 1 aromatic rings. The van der Waals surface area contributed by atoms with Crippen LogP contribution in [0.3, 0.4) is 0 Å². The van der Waals surface area contributed by atoms with E-state index in [4.69, 9.17) is 19.7 Å². The zero-order valence-electron chi connectivity index (χ0n) is 11.6. The second kappa shape index (κ2) is 9.02. The first-order valence-electron chi connectivity index (χ1n) is 5.97. The van der Waals surface area contributed by atoms with E-state index in [1.807, 2.05) is 0 Å². The Morgan fingerprint density at radius 2 is 2.29 bits per heavy atom. The molecular formula is C13H14BrN3O4. The Morgan fingerprint density at radius 3 is 2.86 bits per heavy atom. The van der Waals surface area contributed by atoms with E-state index in [-0.39, 0.29) is 19.1 Å². The molecule has 0 N–H and O–H groups in total. The molecule has 0 aromatic heterocycles. The summed E-state index contributed by atoms with van der Waals surface area (Å²) >= 11 is 3.35. The van der Waals surface area contributed by atoms with Crippen molar-refractivity contribution in [2.24, 2.45) is 5.11 Å². The van der Waals surface area contributed by atoms with Gasteiger partial charge in [-0.25, -0.2) is 4.79 Å². The van der Waals surface area contributed by atoms with Gasteiger partial charge in [-0.05, 0) is 36.2 Å². The molecule has 7 nitrogen and oxygen atoms in total. The molecule has 21 heavy (non-hydrogen) atoms. The molecule has 0 saturated heterocycles. The molecule has 0 saturated carbocycles. The number of carbonyl (C=O) groups excluding carboxylic acids is 1. The highest BCUT2D eigenvalue weighted by Crippen LogP contribution is 2.25. The fourth-order valence-electron chi connectivity index (χ4n) is 1.37. The van der Waals surface area contributed by atoms with Crippen LogP contribution in [-0.2, 0) is 14.3 Å². The normalized spacial score (nSPS) is 10.7. The van der Waals surface area contributed by atoms with Crippen molar-refractivity contribution in [1.29, 1.82) is 0 Å². The Balaban J connectivity index is 3.04. The van der Waals surface area contributed by atoms with Gasteiger partial charge in [-0.15, -0.1) is 0 Å². The van der Waals surface area contributed by atoms with Crippen molar-refractivity contribution >= 4 is 28.0 Å². The third kappa shape index (κ3) is 5.47. The quantitative estimate of drug-likeness (QED) is 0.186. The number of benzene rings is 1. The van der Waals surface area contributed by atoms with Crippen molar-refractivity contribution in [3.05, 3.63) is 44.4 Å². The second-order valence-electron chi connectivity index (χ2n) is 3.67. The Bertz CT molecular complexity index is 583. The SMILES string of the molecule is CCOC(=O)C(=Cc1ccc(OCOC)cc1Br)N=[N+]=[N-]. The number of nitrogens with zero attached hydrogens (tertiary/aromatic N) is 3. The van der Waals surface area contributed by atoms with Crippen LogP contribution in [0.15, 0.2) is 33.5 Å². The molecule has 0 aliphatic carbocycles. The van der Waals surface area contributed by atoms with Crippen molar-refractivity contribution in [3.63, 3.8) is 0 Å². The van der Waals surface area contributed by atoms with Gasteiger partial charge in [-0.2, -0.15) is 0 Å². The van der Waals surface area contributed by atoms with Gasteiger partial charge in [0.25, 0.3) is 0 Å². The van der Waals surface area contributed by atoms with Crippen LogP contribution in [0.1, 0.15) is 12.5 Å². The van der Waals surface area contributed by atoms with Gasteiger partial charge in [0.2, 0.25) is 0 Å². The molecule has 0 aliphatic heterocycles. The van der Waals surface area contributed by atoms with Gasteiger partial charge in [0, 0.05) is 16.5 Å². The number of hydrogen-bond acceptors (Lipinski definition) is 5. The summed E-state index contributed by atoms with van der Waals surface area (Å²) in [5, 5.41) is 3.35. The fraction of sp³-hybridized carbons (Fsp3) is 0.308. The number of carbonyl (C=O) groups is 1. The minimum absolute atomic E-state index is 0.120. The molecule has 0 heterocycles. The highest BCUT2D eigenvalue weighted by molar-refractivity contribution is 9.10. The smallest absolute Gasteiger partial charge is 0.340 e. The molecule has 1 rings (SSSR count). The Kier molecular flexibility index (Phi) is 7.31. The summed E-state index contributed by atoms with van der Waals surface area (Å²) in [5.74, 6) is -0.0794. The number of halogens is 1. The topological polar surface area (TPSA) is 93.5 Å². The molecule has 0 bridgehead atoms. The lowest BCUT2D eigenvalue weighted by Crippen LogP contribution is -2.05. The van der Waals surface area contributed by atoms with Crippen LogP contribution < -0.4 is 4.74 Å². The lowest BCUT2D eigenvalue weighted by Gasteiger charge is -2.07. The summed E-state index contributed by atoms with van der Waals surface area (Å²) in [7, 11) is 1.53. The minimum atomic E-state index is -0.679. The number of azide groups is 1. The molecule has 1 aromatic carbocycles. The molecule has 0 spiro atoms. The number of rotatable bonds is 7. The van der Waals surface area contributed by atoms with Crippen molar-refractivity contribution in [2.75, 3.05) is 20.5 Å². The molecule has 112 valence electrons. The van der Waals surface area contributed by atoms with E-state index in [1.54, 1.807) is 25.1 Å². The van der Waals surface area contributed by atoms with Crippen LogP contribution in [0, 0.1) is 0 Å². The van der Waals surface area contributed by atoms with E-state index in [1.165, 1.54) is 13.2 Å². The van der Waals surface area contributed by atoms with Gasteiger partial charge >= 0.3 is 5.97 Å². The van der Waals surface area contributed by atoms with E-state index >= 15 is 0 Å². The maximum absolute atomic E-state index is 11.6. The van der Waals surface area contributed by atoms with Crippen LogP contribution in [0.5, 0.6) is 5.75 Å². The molecule has 0 unspecified atom stereocenters. The lowest BCUT2D eigenvalue weighted by molar-refractivity contribution is -0.138. The minimum Gasteiger partial charge on any atom is -0.468 e. The largest absolute Gasteiger partial charge is 0.468 e. The summed E-state index contributed by atoms with van der Waals surface area (Å²) in [6.45, 7) is 2.00. The number of methoxy groups -OCH3 is 1. The van der Waals surface area contributed by atoms with Crippen LogP contribution in [0.2, 0.25) is 0 Å². The average Bonchev–Trinajstić information content (AvgIpc) is 2.47. The maximum atomic E-state index is 11.6. The van der Waals surface area contributed by atoms with Crippen LogP contribution in [0.4, 0.5) is 0 Å². The Labute approximate surface area is 130 Å². The summed E-state index contributed by atoms with van der Waals surface area (Å²) in [6, 6.07) is 5.12. The number of esters is 1. The first kappa shape index (κ1) is 17.0. The molecule has 0 fully saturated rings. The highest BCUT2D eigenvalue weighted by atomic mass is 79.9. The standard InChI is InChI=1S/C13H14BrN3O4/c1-3-20-13(18)12(16-17-15)6-9-4-5-10(7-11(9)14)21-8-19-2/h4-7H,3,8H2,1-2H3. The van der Waals surface area contributed by atoms with Crippen molar-refractivity contribution in [2.45, 2.75) is 6.92 Å². The first-order valence-corrected chi connectivity index (χ1v) is 6.76. The molecule has 0 atom stereocenters. The number of hydrogen-bond donors (Lipinski definition) is 0. The average molecular weight is 356 g/mol. The first-order chi connectivity index (χ1) is 10.1. The fourth-order valence-corrected chi connectivity index (χ4v) is 1.84. The van der Waals surface area contributed by atoms with Gasteiger partial charge in [0.1, 0.15) is 11.4 Å². The van der Waals surface area contributed by atoms with Crippen molar-refractivity contribution in [1.82, 2.24) is 0 Å². The van der Waals surface area contributed by atoms with Gasteiger partial charge in [0.05, 0.1) is 6.61 Å². The highest BCUT2D eigenvalue weighted by Gasteiger charge is 2.10. The maximum Gasteiger partial charge on any atom is 0.340 e. The van der Waals surface area contributed by atoms with Gasteiger partial charge < -0.3 is 14.2 Å². The third-order valence-corrected chi connectivity index (χ3v) is 2.93. The Hall–Kier alpha value is -2.02. The van der Waals surface area contributed by atoms with Crippen molar-refractivity contribution < 1.29 is 19.0 Å². The van der Waals surface area contributed by atoms with Crippen LogP contribution >= 0.6 is 15.9 Å². The Morgan fingerprint density at radius 1 is 1.52 bits per heavy atom. The van der Waals surface area contributed by atoms with E-state index < -0.39 is 5.97 Å². The zero-order chi connectivity index (χ0) is 15.7. The van der Waals surface area contributed by atoms with E-state index in [2.05, 4.69) is 26.0 Å².